The molecule has 1 aromatic heterocycles. The van der Waals surface area contributed by atoms with Gasteiger partial charge in [-0.15, -0.1) is 0 Å². The van der Waals surface area contributed by atoms with Gasteiger partial charge in [-0.05, 0) is 42.0 Å². The number of nitrogens with zero attached hydrogens (tertiary/aromatic N) is 2. The number of Topliss-reactive ketones (excluding diaryl/α,β-unsaturated/α-hetero) is 1. The Morgan fingerprint density at radius 3 is 2.31 bits per heavy atom. The van der Waals surface area contributed by atoms with Crippen LogP contribution in [0.15, 0.2) is 83.1 Å². The monoisotopic (exact) mass is 450 g/mol. The van der Waals surface area contributed by atoms with E-state index in [4.69, 9.17) is 0 Å². The number of hydrogen-bond acceptors (Lipinski definition) is 5. The van der Waals surface area contributed by atoms with Crippen LogP contribution in [0.25, 0.3) is 5.76 Å². The van der Waals surface area contributed by atoms with Gasteiger partial charge in [-0.3, -0.25) is 19.5 Å². The molecule has 1 aliphatic rings. The van der Waals surface area contributed by atoms with Crippen LogP contribution in [0.4, 0.5) is 5.69 Å². The van der Waals surface area contributed by atoms with Crippen LogP contribution < -0.4 is 4.90 Å². The van der Waals surface area contributed by atoms with Gasteiger partial charge in [0.1, 0.15) is 11.5 Å². The highest BCUT2D eigenvalue weighted by Crippen LogP contribution is 2.42. The molecule has 3 aromatic rings. The summed E-state index contributed by atoms with van der Waals surface area (Å²) < 4.78 is 0.819. The Hall–Kier alpha value is -3.45. The van der Waals surface area contributed by atoms with Crippen molar-refractivity contribution in [1.82, 2.24) is 4.98 Å². The number of benzene rings is 2. The van der Waals surface area contributed by atoms with E-state index in [0.717, 1.165) is 4.47 Å². The summed E-state index contributed by atoms with van der Waals surface area (Å²) in [7, 11) is 0. The Bertz CT molecular complexity index is 1110. The highest BCUT2D eigenvalue weighted by Gasteiger charge is 2.47. The third-order valence-electron chi connectivity index (χ3n) is 4.70. The fraction of sp³-hybridized carbons (Fsp3) is 0.0455. The topological polar surface area (TPSA) is 90.7 Å². The maximum atomic E-state index is 12.9. The van der Waals surface area contributed by atoms with Crippen molar-refractivity contribution in [2.24, 2.45) is 0 Å². The minimum Gasteiger partial charge on any atom is -0.508 e. The Morgan fingerprint density at radius 2 is 1.69 bits per heavy atom. The first-order valence-electron chi connectivity index (χ1n) is 8.73. The van der Waals surface area contributed by atoms with E-state index >= 15 is 0 Å². The number of pyridine rings is 1. The van der Waals surface area contributed by atoms with E-state index < -0.39 is 17.7 Å². The number of hydrogen-bond donors (Lipinski definition) is 2. The van der Waals surface area contributed by atoms with Crippen molar-refractivity contribution in [3.8, 4) is 5.75 Å². The van der Waals surface area contributed by atoms with Gasteiger partial charge in [0, 0.05) is 16.2 Å². The maximum absolute atomic E-state index is 12.9. The number of amides is 1. The van der Waals surface area contributed by atoms with Gasteiger partial charge < -0.3 is 10.2 Å². The second-order valence-electron chi connectivity index (χ2n) is 6.48. The lowest BCUT2D eigenvalue weighted by molar-refractivity contribution is -0.132. The zero-order valence-corrected chi connectivity index (χ0v) is 16.6. The molecule has 1 amide bonds. The van der Waals surface area contributed by atoms with Crippen molar-refractivity contribution in [2.45, 2.75) is 6.04 Å². The van der Waals surface area contributed by atoms with Gasteiger partial charge in [0.25, 0.3) is 11.7 Å². The molecule has 29 heavy (non-hydrogen) atoms. The fourth-order valence-electron chi connectivity index (χ4n) is 3.33. The normalized spacial score (nSPS) is 18.2. The van der Waals surface area contributed by atoms with Gasteiger partial charge in [-0.2, -0.15) is 0 Å². The number of ketones is 1. The van der Waals surface area contributed by atoms with Crippen LogP contribution in [0.5, 0.6) is 5.75 Å². The number of phenols is 1. The highest BCUT2D eigenvalue weighted by atomic mass is 79.9. The lowest BCUT2D eigenvalue weighted by Crippen LogP contribution is -2.29. The van der Waals surface area contributed by atoms with Gasteiger partial charge in [-0.1, -0.05) is 40.2 Å². The zero-order chi connectivity index (χ0) is 20.5. The summed E-state index contributed by atoms with van der Waals surface area (Å²) in [5.74, 6) is -1.75. The largest absolute Gasteiger partial charge is 0.508 e. The second kappa shape index (κ2) is 7.52. The lowest BCUT2D eigenvalue weighted by Gasteiger charge is -2.25. The van der Waals surface area contributed by atoms with Gasteiger partial charge in [0.15, 0.2) is 0 Å². The third kappa shape index (κ3) is 3.40. The van der Waals surface area contributed by atoms with Gasteiger partial charge >= 0.3 is 0 Å². The summed E-state index contributed by atoms with van der Waals surface area (Å²) in [6.07, 6.45) is 3.05. The smallest absolute Gasteiger partial charge is 0.300 e. The van der Waals surface area contributed by atoms with Gasteiger partial charge in [0.2, 0.25) is 0 Å². The number of anilines is 1. The van der Waals surface area contributed by atoms with E-state index in [0.29, 0.717) is 16.8 Å². The Labute approximate surface area is 174 Å². The quantitative estimate of drug-likeness (QED) is 0.354. The predicted molar refractivity (Wildman–Crippen MR) is 111 cm³/mol. The summed E-state index contributed by atoms with van der Waals surface area (Å²) in [5, 5.41) is 20.6. The zero-order valence-electron chi connectivity index (χ0n) is 15.0. The Balaban J connectivity index is 1.94. The first-order chi connectivity index (χ1) is 14.0. The number of rotatable bonds is 3. The summed E-state index contributed by atoms with van der Waals surface area (Å²) in [6, 6.07) is 15.4. The summed E-state index contributed by atoms with van der Waals surface area (Å²) in [6.45, 7) is 0. The number of carbonyl (C=O) groups is 2. The predicted octanol–water partition coefficient (Wildman–Crippen LogP) is 4.18. The summed E-state index contributed by atoms with van der Waals surface area (Å²) in [4.78, 5) is 31.2. The maximum Gasteiger partial charge on any atom is 0.300 e. The van der Waals surface area contributed by atoms with E-state index in [1.165, 1.54) is 23.2 Å². The van der Waals surface area contributed by atoms with Crippen LogP contribution in [0, 0.1) is 0 Å². The van der Waals surface area contributed by atoms with Crippen LogP contribution in [0.2, 0.25) is 0 Å². The van der Waals surface area contributed by atoms with Crippen LogP contribution in [0.1, 0.15) is 17.2 Å². The number of aliphatic hydroxyl groups is 1. The first-order valence-corrected chi connectivity index (χ1v) is 9.52. The molecule has 4 rings (SSSR count). The molecule has 2 aromatic carbocycles. The molecule has 1 saturated heterocycles. The third-order valence-corrected chi connectivity index (χ3v) is 5.22. The van der Waals surface area contributed by atoms with Gasteiger partial charge in [-0.25, -0.2) is 0 Å². The first kappa shape index (κ1) is 18.9. The number of aliphatic hydroxyl groups excluding tert-OH is 1. The molecule has 7 heteroatoms. The number of phenolic OH excluding ortho intramolecular Hbond substituents is 1. The number of carbonyl (C=O) groups excluding carboxylic acids is 2. The Morgan fingerprint density at radius 1 is 1.00 bits per heavy atom. The average molecular weight is 451 g/mol. The molecule has 0 spiro atoms. The number of aromatic hydroxyl groups is 1. The molecular weight excluding hydrogens is 436 g/mol. The van der Waals surface area contributed by atoms with E-state index in [1.54, 1.807) is 54.7 Å². The number of aromatic nitrogens is 1. The van der Waals surface area contributed by atoms with E-state index in [1.807, 2.05) is 0 Å². The molecule has 0 radical (unpaired) electrons. The van der Waals surface area contributed by atoms with E-state index in [9.17, 15) is 19.8 Å². The minimum absolute atomic E-state index is 0.0214. The average Bonchev–Trinajstić information content (AvgIpc) is 3.00. The van der Waals surface area contributed by atoms with Crippen molar-refractivity contribution in [2.75, 3.05) is 4.90 Å². The highest BCUT2D eigenvalue weighted by molar-refractivity contribution is 9.10. The number of halogens is 1. The van der Waals surface area contributed by atoms with E-state index in [-0.39, 0.29) is 17.1 Å². The van der Waals surface area contributed by atoms with Crippen molar-refractivity contribution in [3.63, 3.8) is 0 Å². The van der Waals surface area contributed by atoms with Crippen LogP contribution >= 0.6 is 15.9 Å². The molecule has 0 saturated carbocycles. The van der Waals surface area contributed by atoms with Crippen molar-refractivity contribution in [3.05, 3.63) is 94.2 Å². The standard InChI is InChI=1S/C22H15BrN2O4/c23-15-7-3-14(4-8-15)20(27)18-19(13-5-9-17(26)10-6-13)25(22(29)21(18)28)16-2-1-11-24-12-16/h1-12,19,26-27H/b20-18-. The summed E-state index contributed by atoms with van der Waals surface area (Å²) in [5.41, 5.74) is 1.40. The Kier molecular flexibility index (Phi) is 4.90. The van der Waals surface area contributed by atoms with Crippen LogP contribution in [-0.4, -0.2) is 26.9 Å². The minimum atomic E-state index is -0.858. The molecular formula is C22H15BrN2O4. The molecule has 1 aliphatic heterocycles. The molecule has 1 atom stereocenters. The molecule has 2 N–H and O–H groups in total. The second-order valence-corrected chi connectivity index (χ2v) is 7.39. The van der Waals surface area contributed by atoms with Crippen molar-refractivity contribution in [1.29, 1.82) is 0 Å². The lowest BCUT2D eigenvalue weighted by atomic mass is 9.95. The molecule has 1 fully saturated rings. The molecule has 2 heterocycles. The van der Waals surface area contributed by atoms with Crippen molar-refractivity contribution >= 4 is 39.1 Å². The van der Waals surface area contributed by atoms with Crippen molar-refractivity contribution < 1.29 is 19.8 Å². The molecule has 0 bridgehead atoms. The van der Waals surface area contributed by atoms with Crippen LogP contribution in [0.3, 0.4) is 0 Å². The van der Waals surface area contributed by atoms with E-state index in [2.05, 4.69) is 20.9 Å². The SMILES string of the molecule is O=C1C(=O)N(c2cccnc2)C(c2ccc(O)cc2)/C1=C(/O)c1ccc(Br)cc1. The fourth-order valence-corrected chi connectivity index (χ4v) is 3.59. The molecule has 6 nitrogen and oxygen atoms in total. The van der Waals surface area contributed by atoms with Gasteiger partial charge in [0.05, 0.1) is 23.5 Å². The molecule has 0 aliphatic carbocycles. The molecule has 144 valence electrons. The molecule has 1 unspecified atom stereocenters. The van der Waals surface area contributed by atoms with Crippen LogP contribution in [-0.2, 0) is 9.59 Å². The summed E-state index contributed by atoms with van der Waals surface area (Å²) >= 11 is 3.34.